The van der Waals surface area contributed by atoms with Crippen LogP contribution < -0.4 is 20.3 Å². The number of methoxy groups -OCH3 is 1. The van der Waals surface area contributed by atoms with Gasteiger partial charge in [-0.15, -0.1) is 35.3 Å². The number of guanidine groups is 1. The molecule has 1 unspecified atom stereocenters. The number of benzene rings is 1. The van der Waals surface area contributed by atoms with Crippen LogP contribution in [0.1, 0.15) is 22.7 Å². The zero-order valence-corrected chi connectivity index (χ0v) is 19.2. The molecule has 3 rings (SSSR count). The number of halogens is 1. The van der Waals surface area contributed by atoms with Crippen LogP contribution in [0.2, 0.25) is 0 Å². The zero-order valence-electron chi connectivity index (χ0n) is 16.1. The van der Waals surface area contributed by atoms with E-state index in [9.17, 15) is 0 Å². The monoisotopic (exact) mass is 501 g/mol. The van der Waals surface area contributed by atoms with E-state index >= 15 is 0 Å². The van der Waals surface area contributed by atoms with Crippen molar-refractivity contribution in [3.8, 4) is 5.75 Å². The van der Waals surface area contributed by atoms with E-state index in [4.69, 9.17) is 4.74 Å². The van der Waals surface area contributed by atoms with Gasteiger partial charge in [-0.25, -0.2) is 4.98 Å². The lowest BCUT2D eigenvalue weighted by atomic mass is 10.0. The van der Waals surface area contributed by atoms with Crippen molar-refractivity contribution < 1.29 is 4.74 Å². The van der Waals surface area contributed by atoms with Crippen molar-refractivity contribution >= 4 is 47.0 Å². The number of aryl methyl sites for hydroxylation is 1. The van der Waals surface area contributed by atoms with Crippen molar-refractivity contribution in [2.24, 2.45) is 4.99 Å². The van der Waals surface area contributed by atoms with Gasteiger partial charge in [0.05, 0.1) is 13.7 Å². The number of hydrogen-bond donors (Lipinski definition) is 2. The van der Waals surface area contributed by atoms with Crippen molar-refractivity contribution in [1.82, 2.24) is 15.6 Å². The maximum Gasteiger partial charge on any atom is 0.191 e. The second-order valence-corrected chi connectivity index (χ2v) is 7.74. The van der Waals surface area contributed by atoms with Crippen LogP contribution in [0.15, 0.2) is 35.5 Å². The van der Waals surface area contributed by atoms with E-state index in [1.165, 1.54) is 10.6 Å². The van der Waals surface area contributed by atoms with Gasteiger partial charge in [-0.3, -0.25) is 4.99 Å². The average Bonchev–Trinajstić information content (AvgIpc) is 3.10. The number of hydrogen-bond acceptors (Lipinski definition) is 5. The Bertz CT molecular complexity index is 751. The van der Waals surface area contributed by atoms with Crippen LogP contribution in [-0.2, 0) is 6.54 Å². The molecule has 27 heavy (non-hydrogen) atoms. The largest absolute Gasteiger partial charge is 0.497 e. The summed E-state index contributed by atoms with van der Waals surface area (Å²) in [6, 6.07) is 8.62. The van der Waals surface area contributed by atoms with Crippen molar-refractivity contribution in [2.75, 3.05) is 32.1 Å². The molecule has 6 nitrogen and oxygen atoms in total. The van der Waals surface area contributed by atoms with E-state index in [1.54, 1.807) is 18.4 Å². The molecule has 1 aliphatic heterocycles. The topological polar surface area (TPSA) is 61.8 Å². The lowest BCUT2D eigenvalue weighted by Crippen LogP contribution is -2.51. The Morgan fingerprint density at radius 1 is 1.44 bits per heavy atom. The van der Waals surface area contributed by atoms with Gasteiger partial charge in [0.15, 0.2) is 5.96 Å². The molecule has 8 heteroatoms. The molecule has 2 aromatic rings. The first-order chi connectivity index (χ1) is 12.7. The average molecular weight is 501 g/mol. The first-order valence-corrected chi connectivity index (χ1v) is 9.77. The number of thiazole rings is 1. The van der Waals surface area contributed by atoms with Crippen molar-refractivity contribution in [3.63, 3.8) is 0 Å². The third-order valence-corrected chi connectivity index (χ3v) is 5.39. The molecule has 1 aromatic heterocycles. The van der Waals surface area contributed by atoms with E-state index in [-0.39, 0.29) is 24.0 Å². The Morgan fingerprint density at radius 2 is 2.30 bits per heavy atom. The molecule has 1 aromatic carbocycles. The first-order valence-electron chi connectivity index (χ1n) is 8.95. The predicted molar refractivity (Wildman–Crippen MR) is 124 cm³/mol. The number of nitrogens with zero attached hydrogens (tertiary/aromatic N) is 3. The third-order valence-electron chi connectivity index (χ3n) is 4.48. The summed E-state index contributed by atoms with van der Waals surface area (Å²) in [6.07, 6.45) is 4.19. The number of aromatic nitrogens is 1. The normalized spacial score (nSPS) is 17.2. The summed E-state index contributed by atoms with van der Waals surface area (Å²) in [7, 11) is 3.52. The maximum atomic E-state index is 5.35. The van der Waals surface area contributed by atoms with E-state index in [0.717, 1.165) is 42.6 Å². The standard InChI is InChI=1S/C19H27N5OS.HI/c1-14-11-21-18(26-14)12-22-19(20-2)23-15-6-5-9-24(13-15)16-7-4-8-17(10-16)25-3;/h4,7-8,10-11,15H,5-6,9,12-13H2,1-3H3,(H2,20,22,23);1H. The summed E-state index contributed by atoms with van der Waals surface area (Å²) in [4.78, 5) is 12.4. The summed E-state index contributed by atoms with van der Waals surface area (Å²) in [5.41, 5.74) is 1.21. The molecule has 0 bridgehead atoms. The molecule has 1 atom stereocenters. The lowest BCUT2D eigenvalue weighted by Gasteiger charge is -2.35. The highest BCUT2D eigenvalue weighted by Gasteiger charge is 2.21. The zero-order chi connectivity index (χ0) is 18.4. The SMILES string of the molecule is CN=C(NCc1ncc(C)s1)NC1CCCN(c2cccc(OC)c2)C1.I. The molecule has 0 amide bonds. The Labute approximate surface area is 182 Å². The van der Waals surface area contributed by atoms with Crippen molar-refractivity contribution in [2.45, 2.75) is 32.4 Å². The minimum atomic E-state index is 0. The lowest BCUT2D eigenvalue weighted by molar-refractivity contribution is 0.414. The molecule has 0 spiro atoms. The summed E-state index contributed by atoms with van der Waals surface area (Å²) in [5.74, 6) is 1.73. The highest BCUT2D eigenvalue weighted by atomic mass is 127. The Kier molecular flexibility index (Phi) is 8.62. The quantitative estimate of drug-likeness (QED) is 0.374. The second-order valence-electron chi connectivity index (χ2n) is 6.42. The summed E-state index contributed by atoms with van der Waals surface area (Å²) >= 11 is 1.71. The van der Waals surface area contributed by atoms with Crippen LogP contribution in [-0.4, -0.2) is 44.2 Å². The molecule has 2 heterocycles. The number of rotatable bonds is 5. The van der Waals surface area contributed by atoms with E-state index in [2.05, 4.69) is 44.6 Å². The number of anilines is 1. The number of piperidine rings is 1. The van der Waals surface area contributed by atoms with Gasteiger partial charge in [0.2, 0.25) is 0 Å². The minimum absolute atomic E-state index is 0. The summed E-state index contributed by atoms with van der Waals surface area (Å²) in [6.45, 7) is 4.79. The third kappa shape index (κ3) is 6.24. The molecule has 1 fully saturated rings. The number of aliphatic imine (C=N–C) groups is 1. The van der Waals surface area contributed by atoms with Gasteiger partial charge in [0, 0.05) is 49.0 Å². The van der Waals surface area contributed by atoms with E-state index < -0.39 is 0 Å². The highest BCUT2D eigenvalue weighted by molar-refractivity contribution is 14.0. The van der Waals surface area contributed by atoms with E-state index in [1.807, 2.05) is 25.4 Å². The Balaban J connectivity index is 0.00000261. The molecule has 2 N–H and O–H groups in total. The molecular formula is C19H28IN5OS. The first kappa shape index (κ1) is 21.7. The predicted octanol–water partition coefficient (Wildman–Crippen LogP) is 3.41. The van der Waals surface area contributed by atoms with Crippen LogP contribution >= 0.6 is 35.3 Å². The van der Waals surface area contributed by atoms with Crippen LogP contribution in [0.3, 0.4) is 0 Å². The fraction of sp³-hybridized carbons (Fsp3) is 0.474. The van der Waals surface area contributed by atoms with Gasteiger partial charge < -0.3 is 20.3 Å². The molecule has 1 aliphatic rings. The second kappa shape index (κ2) is 10.7. The molecule has 148 valence electrons. The van der Waals surface area contributed by atoms with Crippen LogP contribution in [0.25, 0.3) is 0 Å². The fourth-order valence-electron chi connectivity index (χ4n) is 3.17. The van der Waals surface area contributed by atoms with Gasteiger partial charge in [-0.1, -0.05) is 6.07 Å². The highest BCUT2D eigenvalue weighted by Crippen LogP contribution is 2.24. The molecule has 0 radical (unpaired) electrons. The minimum Gasteiger partial charge on any atom is -0.497 e. The fourth-order valence-corrected chi connectivity index (χ4v) is 3.89. The van der Waals surface area contributed by atoms with Gasteiger partial charge in [0.25, 0.3) is 0 Å². The Hall–Kier alpha value is -1.55. The van der Waals surface area contributed by atoms with E-state index in [0.29, 0.717) is 12.6 Å². The van der Waals surface area contributed by atoms with Crippen molar-refractivity contribution in [3.05, 3.63) is 40.3 Å². The molecule has 1 saturated heterocycles. The summed E-state index contributed by atoms with van der Waals surface area (Å²) in [5, 5.41) is 8.00. The van der Waals surface area contributed by atoms with Crippen LogP contribution in [0.5, 0.6) is 5.75 Å². The number of nitrogens with one attached hydrogen (secondary N) is 2. The van der Waals surface area contributed by atoms with Gasteiger partial charge in [-0.2, -0.15) is 0 Å². The Morgan fingerprint density at radius 3 is 3.00 bits per heavy atom. The van der Waals surface area contributed by atoms with Crippen LogP contribution in [0.4, 0.5) is 5.69 Å². The molecular weight excluding hydrogens is 473 g/mol. The summed E-state index contributed by atoms with van der Waals surface area (Å²) < 4.78 is 5.35. The smallest absolute Gasteiger partial charge is 0.191 e. The van der Waals surface area contributed by atoms with Gasteiger partial charge in [-0.05, 0) is 31.9 Å². The van der Waals surface area contributed by atoms with Gasteiger partial charge in [0.1, 0.15) is 10.8 Å². The van der Waals surface area contributed by atoms with Gasteiger partial charge >= 0.3 is 0 Å². The number of ether oxygens (including phenoxy) is 1. The molecule has 0 saturated carbocycles. The molecule has 0 aliphatic carbocycles. The van der Waals surface area contributed by atoms with Crippen molar-refractivity contribution in [1.29, 1.82) is 0 Å². The van der Waals surface area contributed by atoms with Crippen LogP contribution in [0, 0.1) is 6.92 Å². The maximum absolute atomic E-state index is 5.35.